The molecular weight excluding hydrogens is 322 g/mol. The van der Waals surface area contributed by atoms with Crippen LogP contribution < -0.4 is 24.3 Å². The zero-order chi connectivity index (χ0) is 17.2. The number of benzene rings is 2. The summed E-state index contributed by atoms with van der Waals surface area (Å²) in [5.41, 5.74) is 2.60. The molecule has 6 heteroatoms. The van der Waals surface area contributed by atoms with Crippen LogP contribution in [0, 0.1) is 6.92 Å². The van der Waals surface area contributed by atoms with Gasteiger partial charge in [-0.1, -0.05) is 0 Å². The van der Waals surface area contributed by atoms with E-state index >= 15 is 0 Å². The number of nitrogens with one attached hydrogen (secondary N) is 1. The maximum Gasteiger partial charge on any atom is 0.228 e. The zero-order valence-electron chi connectivity index (χ0n) is 14.0. The van der Waals surface area contributed by atoms with Gasteiger partial charge in [-0.15, -0.1) is 0 Å². The Labute approximate surface area is 145 Å². The smallest absolute Gasteiger partial charge is 0.228 e. The lowest BCUT2D eigenvalue weighted by atomic mass is 10.0. The molecule has 6 nitrogen and oxygen atoms in total. The molecule has 4 rings (SSSR count). The van der Waals surface area contributed by atoms with Crippen LogP contribution in [0.15, 0.2) is 30.3 Å². The van der Waals surface area contributed by atoms with Gasteiger partial charge < -0.3 is 24.3 Å². The van der Waals surface area contributed by atoms with Crippen molar-refractivity contribution in [1.29, 1.82) is 0 Å². The molecule has 0 bridgehead atoms. The average Bonchev–Trinajstić information content (AvgIpc) is 2.62. The molecule has 0 aromatic heterocycles. The molecule has 130 valence electrons. The highest BCUT2D eigenvalue weighted by Crippen LogP contribution is 2.34. The van der Waals surface area contributed by atoms with Gasteiger partial charge in [0.05, 0.1) is 6.42 Å². The lowest BCUT2D eigenvalue weighted by Gasteiger charge is -2.20. The van der Waals surface area contributed by atoms with Crippen molar-refractivity contribution in [2.45, 2.75) is 13.3 Å². The van der Waals surface area contributed by atoms with Crippen molar-refractivity contribution in [3.05, 3.63) is 41.5 Å². The van der Waals surface area contributed by atoms with Gasteiger partial charge >= 0.3 is 0 Å². The number of ether oxygens (including phenoxy) is 4. The Hall–Kier alpha value is -2.89. The molecule has 0 radical (unpaired) electrons. The van der Waals surface area contributed by atoms with Crippen LogP contribution in [-0.4, -0.2) is 32.3 Å². The first kappa shape index (κ1) is 15.6. The van der Waals surface area contributed by atoms with Crippen LogP contribution in [-0.2, 0) is 11.2 Å². The number of hydrogen-bond donors (Lipinski definition) is 1. The highest BCUT2D eigenvalue weighted by Gasteiger charge is 2.17. The van der Waals surface area contributed by atoms with Crippen LogP contribution in [0.2, 0.25) is 0 Å². The van der Waals surface area contributed by atoms with Gasteiger partial charge in [0.15, 0.2) is 23.0 Å². The number of rotatable bonds is 3. The fourth-order valence-electron chi connectivity index (χ4n) is 2.92. The minimum absolute atomic E-state index is 0.101. The summed E-state index contributed by atoms with van der Waals surface area (Å²) in [5, 5.41) is 2.90. The first-order valence-electron chi connectivity index (χ1n) is 8.28. The maximum atomic E-state index is 12.4. The van der Waals surface area contributed by atoms with E-state index in [-0.39, 0.29) is 12.3 Å². The molecule has 0 unspecified atom stereocenters. The number of aryl methyl sites for hydroxylation is 1. The third-order valence-corrected chi connectivity index (χ3v) is 4.18. The zero-order valence-corrected chi connectivity index (χ0v) is 14.0. The third-order valence-electron chi connectivity index (χ3n) is 4.18. The summed E-state index contributed by atoms with van der Waals surface area (Å²) in [5.74, 6) is 2.68. The van der Waals surface area contributed by atoms with Gasteiger partial charge in [-0.05, 0) is 42.3 Å². The van der Waals surface area contributed by atoms with E-state index in [2.05, 4.69) is 5.32 Å². The summed E-state index contributed by atoms with van der Waals surface area (Å²) in [7, 11) is 0. The van der Waals surface area contributed by atoms with E-state index < -0.39 is 0 Å². The van der Waals surface area contributed by atoms with Gasteiger partial charge in [0.1, 0.15) is 26.4 Å². The summed E-state index contributed by atoms with van der Waals surface area (Å²) in [6.07, 6.45) is 0.261. The Morgan fingerprint density at radius 3 is 2.20 bits per heavy atom. The summed E-state index contributed by atoms with van der Waals surface area (Å²) < 4.78 is 22.2. The van der Waals surface area contributed by atoms with Crippen LogP contribution in [0.25, 0.3) is 0 Å². The number of hydrogen-bond acceptors (Lipinski definition) is 5. The molecular formula is C19H19NO5. The van der Waals surface area contributed by atoms with E-state index in [1.54, 1.807) is 12.1 Å². The average molecular weight is 341 g/mol. The SMILES string of the molecule is Cc1cc2c(cc1CC(=O)Nc1ccc3c(c1)OCCO3)OCCO2. The van der Waals surface area contributed by atoms with E-state index in [9.17, 15) is 4.79 Å². The second-order valence-corrected chi connectivity index (χ2v) is 6.01. The Bertz CT molecular complexity index is 818. The van der Waals surface area contributed by atoms with E-state index in [0.717, 1.165) is 16.9 Å². The van der Waals surface area contributed by atoms with E-state index in [0.29, 0.717) is 49.4 Å². The fourth-order valence-corrected chi connectivity index (χ4v) is 2.92. The van der Waals surface area contributed by atoms with Crippen LogP contribution in [0.5, 0.6) is 23.0 Å². The molecule has 0 fully saturated rings. The van der Waals surface area contributed by atoms with Crippen molar-refractivity contribution < 1.29 is 23.7 Å². The largest absolute Gasteiger partial charge is 0.486 e. The van der Waals surface area contributed by atoms with Crippen LogP contribution >= 0.6 is 0 Å². The fraction of sp³-hybridized carbons (Fsp3) is 0.316. The van der Waals surface area contributed by atoms with Gasteiger partial charge in [-0.2, -0.15) is 0 Å². The highest BCUT2D eigenvalue weighted by atomic mass is 16.6. The second kappa shape index (κ2) is 6.55. The maximum absolute atomic E-state index is 12.4. The van der Waals surface area contributed by atoms with Crippen molar-refractivity contribution in [2.24, 2.45) is 0 Å². The van der Waals surface area contributed by atoms with Crippen molar-refractivity contribution in [1.82, 2.24) is 0 Å². The molecule has 0 saturated heterocycles. The normalized spacial score (nSPS) is 14.8. The standard InChI is InChI=1S/C19H19NO5/c1-12-8-16-17(24-7-6-23-16)9-13(12)10-19(21)20-14-2-3-15-18(11-14)25-5-4-22-15/h2-3,8-9,11H,4-7,10H2,1H3,(H,20,21). The van der Waals surface area contributed by atoms with Crippen molar-refractivity contribution in [3.63, 3.8) is 0 Å². The van der Waals surface area contributed by atoms with Crippen LogP contribution in [0.4, 0.5) is 5.69 Å². The summed E-state index contributed by atoms with van der Waals surface area (Å²) >= 11 is 0. The molecule has 0 spiro atoms. The first-order valence-corrected chi connectivity index (χ1v) is 8.28. The number of amides is 1. The molecule has 2 aromatic carbocycles. The third kappa shape index (κ3) is 3.33. The highest BCUT2D eigenvalue weighted by molar-refractivity contribution is 5.93. The summed E-state index contributed by atoms with van der Waals surface area (Å²) in [6.45, 7) is 4.10. The second-order valence-electron chi connectivity index (χ2n) is 6.01. The molecule has 1 N–H and O–H groups in total. The summed E-state index contributed by atoms with van der Waals surface area (Å²) in [4.78, 5) is 12.4. The van der Waals surface area contributed by atoms with Gasteiger partial charge in [0.25, 0.3) is 0 Å². The molecule has 1 amide bonds. The molecule has 2 aromatic rings. The van der Waals surface area contributed by atoms with Gasteiger partial charge in [0.2, 0.25) is 5.91 Å². The van der Waals surface area contributed by atoms with Gasteiger partial charge in [-0.3, -0.25) is 4.79 Å². The van der Waals surface area contributed by atoms with Crippen molar-refractivity contribution in [3.8, 4) is 23.0 Å². The minimum Gasteiger partial charge on any atom is -0.486 e. The Morgan fingerprint density at radius 2 is 1.48 bits per heavy atom. The number of carbonyl (C=O) groups is 1. The molecule has 25 heavy (non-hydrogen) atoms. The quantitative estimate of drug-likeness (QED) is 0.930. The van der Waals surface area contributed by atoms with E-state index in [1.807, 2.05) is 25.1 Å². The Morgan fingerprint density at radius 1 is 0.880 bits per heavy atom. The minimum atomic E-state index is -0.101. The molecule has 0 saturated carbocycles. The van der Waals surface area contributed by atoms with E-state index in [4.69, 9.17) is 18.9 Å². The summed E-state index contributed by atoms with van der Waals surface area (Å²) in [6, 6.07) is 9.19. The molecule has 2 heterocycles. The van der Waals surface area contributed by atoms with Crippen LogP contribution in [0.1, 0.15) is 11.1 Å². The van der Waals surface area contributed by atoms with Crippen molar-refractivity contribution in [2.75, 3.05) is 31.7 Å². The molecule has 2 aliphatic heterocycles. The predicted octanol–water partition coefficient (Wildman–Crippen LogP) is 2.72. The monoisotopic (exact) mass is 341 g/mol. The van der Waals surface area contributed by atoms with Crippen LogP contribution in [0.3, 0.4) is 0 Å². The molecule has 2 aliphatic rings. The number of anilines is 1. The number of fused-ring (bicyclic) bond motifs is 2. The van der Waals surface area contributed by atoms with Gasteiger partial charge in [0, 0.05) is 11.8 Å². The predicted molar refractivity (Wildman–Crippen MR) is 91.9 cm³/mol. The number of carbonyl (C=O) groups excluding carboxylic acids is 1. The lowest BCUT2D eigenvalue weighted by Crippen LogP contribution is -2.18. The Kier molecular flexibility index (Phi) is 4.09. The lowest BCUT2D eigenvalue weighted by molar-refractivity contribution is -0.115. The van der Waals surface area contributed by atoms with E-state index in [1.165, 1.54) is 0 Å². The van der Waals surface area contributed by atoms with Crippen molar-refractivity contribution >= 4 is 11.6 Å². The molecule has 0 aliphatic carbocycles. The molecule has 0 atom stereocenters. The Balaban J connectivity index is 1.47. The first-order chi connectivity index (χ1) is 12.2. The van der Waals surface area contributed by atoms with Gasteiger partial charge in [-0.25, -0.2) is 0 Å². The topological polar surface area (TPSA) is 66.0 Å².